The maximum atomic E-state index is 12.7. The summed E-state index contributed by atoms with van der Waals surface area (Å²) in [4.78, 5) is 27.9. The molecule has 2 aliphatic rings. The minimum absolute atomic E-state index is 0.0260. The first-order valence-corrected chi connectivity index (χ1v) is 27.6. The van der Waals surface area contributed by atoms with Crippen LogP contribution in [0.2, 0.25) is 0 Å². The zero-order valence-electron chi connectivity index (χ0n) is 38.5. The van der Waals surface area contributed by atoms with E-state index in [0.717, 1.165) is 92.8 Å². The van der Waals surface area contributed by atoms with Gasteiger partial charge in [0.25, 0.3) is 0 Å². The van der Waals surface area contributed by atoms with Gasteiger partial charge in [-0.15, -0.1) is 0 Å². The van der Waals surface area contributed by atoms with Crippen LogP contribution in [0.3, 0.4) is 0 Å². The molecule has 2 unspecified atom stereocenters. The van der Waals surface area contributed by atoms with Crippen LogP contribution in [0.25, 0.3) is 0 Å². The second-order valence-electron chi connectivity index (χ2n) is 18.4. The molecule has 0 spiro atoms. The fourth-order valence-electron chi connectivity index (χ4n) is 9.22. The molecule has 0 aromatic rings. The van der Waals surface area contributed by atoms with Crippen LogP contribution in [0.15, 0.2) is 0 Å². The zero-order chi connectivity index (χ0) is 41.7. The molecule has 8 heteroatoms. The molecule has 0 amide bonds. The molecule has 0 saturated heterocycles. The number of hydrogen-bond donors (Lipinski definition) is 1. The molecule has 0 aromatic heterocycles. The SMILES string of the molecule is CCCCCCC(=O)OC(CCC1CCCCC1)CSCCCCCC(CCCCCSCC(CCC1CCCCC1)OC(=O)CCCCCC)N(C)CCCCO. The van der Waals surface area contributed by atoms with Crippen LogP contribution in [0, 0.1) is 11.8 Å². The molecule has 2 fully saturated rings. The molecule has 2 saturated carbocycles. The molecule has 0 radical (unpaired) electrons. The molecule has 342 valence electrons. The van der Waals surface area contributed by atoms with Crippen LogP contribution in [0.4, 0.5) is 0 Å². The smallest absolute Gasteiger partial charge is 0.306 e. The Bertz CT molecular complexity index is 877. The van der Waals surface area contributed by atoms with Gasteiger partial charge in [-0.25, -0.2) is 0 Å². The van der Waals surface area contributed by atoms with Gasteiger partial charge in [-0.3, -0.25) is 9.59 Å². The Kier molecular flexibility index (Phi) is 35.4. The first kappa shape index (κ1) is 53.7. The van der Waals surface area contributed by atoms with Gasteiger partial charge < -0.3 is 19.5 Å². The fourth-order valence-corrected chi connectivity index (χ4v) is 11.4. The number of hydrogen-bond acceptors (Lipinski definition) is 8. The monoisotopic (exact) mass is 854 g/mol. The maximum absolute atomic E-state index is 12.7. The van der Waals surface area contributed by atoms with Crippen LogP contribution < -0.4 is 0 Å². The second kappa shape index (κ2) is 38.3. The predicted octanol–water partition coefficient (Wildman–Crippen LogP) is 14.1. The first-order valence-electron chi connectivity index (χ1n) is 25.3. The Morgan fingerprint density at radius 1 is 0.569 bits per heavy atom. The van der Waals surface area contributed by atoms with E-state index < -0.39 is 0 Å². The van der Waals surface area contributed by atoms with E-state index in [0.29, 0.717) is 18.9 Å². The number of ether oxygens (including phenoxy) is 2. The van der Waals surface area contributed by atoms with E-state index in [-0.39, 0.29) is 30.8 Å². The quantitative estimate of drug-likeness (QED) is 0.0484. The zero-order valence-corrected chi connectivity index (χ0v) is 40.1. The van der Waals surface area contributed by atoms with Crippen molar-refractivity contribution >= 4 is 35.5 Å². The lowest BCUT2D eigenvalue weighted by atomic mass is 9.85. The van der Waals surface area contributed by atoms with Crippen LogP contribution in [0.1, 0.15) is 232 Å². The standard InChI is InChI=1S/C50H95NO5S2/c1-4-6-8-20-32-49(53)55-47(36-34-44-26-14-10-15-27-44)42-57-40-24-12-18-30-46(51(3)38-22-23-39-52)31-19-13-25-41-58-43-48(37-35-45-28-16-11-17-29-45)56-50(54)33-21-9-7-5-2/h44-48,52H,4-43H2,1-3H3. The summed E-state index contributed by atoms with van der Waals surface area (Å²) in [5.74, 6) is 5.93. The van der Waals surface area contributed by atoms with Crippen molar-refractivity contribution in [3.8, 4) is 0 Å². The van der Waals surface area contributed by atoms with Gasteiger partial charge in [0, 0.05) is 37.0 Å². The van der Waals surface area contributed by atoms with E-state index in [9.17, 15) is 14.7 Å². The summed E-state index contributed by atoms with van der Waals surface area (Å²) in [5, 5.41) is 9.37. The van der Waals surface area contributed by atoms with E-state index >= 15 is 0 Å². The van der Waals surface area contributed by atoms with Crippen molar-refractivity contribution in [2.45, 2.75) is 250 Å². The second-order valence-corrected chi connectivity index (χ2v) is 20.7. The number of aliphatic hydroxyl groups is 1. The highest BCUT2D eigenvalue weighted by Crippen LogP contribution is 2.30. The minimum Gasteiger partial charge on any atom is -0.461 e. The topological polar surface area (TPSA) is 76.1 Å². The van der Waals surface area contributed by atoms with Gasteiger partial charge in [-0.05, 0) is 114 Å². The average molecular weight is 854 g/mol. The highest BCUT2D eigenvalue weighted by Gasteiger charge is 2.21. The maximum Gasteiger partial charge on any atom is 0.306 e. The minimum atomic E-state index is 0.0260. The lowest BCUT2D eigenvalue weighted by Crippen LogP contribution is -2.32. The van der Waals surface area contributed by atoms with Crippen molar-refractivity contribution in [1.82, 2.24) is 4.90 Å². The summed E-state index contributed by atoms with van der Waals surface area (Å²) < 4.78 is 12.2. The summed E-state index contributed by atoms with van der Waals surface area (Å²) in [6.45, 7) is 5.78. The Balaban J connectivity index is 1.70. The number of rotatable bonds is 39. The van der Waals surface area contributed by atoms with Gasteiger partial charge in [-0.1, -0.05) is 142 Å². The van der Waals surface area contributed by atoms with Gasteiger partial charge in [0.1, 0.15) is 12.2 Å². The highest BCUT2D eigenvalue weighted by molar-refractivity contribution is 7.99. The predicted molar refractivity (Wildman–Crippen MR) is 253 cm³/mol. The number of aliphatic hydroxyl groups excluding tert-OH is 1. The van der Waals surface area contributed by atoms with Crippen LogP contribution in [-0.2, 0) is 19.1 Å². The number of nitrogens with zero attached hydrogens (tertiary/aromatic N) is 1. The van der Waals surface area contributed by atoms with E-state index in [4.69, 9.17) is 9.47 Å². The third-order valence-electron chi connectivity index (χ3n) is 13.1. The van der Waals surface area contributed by atoms with E-state index in [1.54, 1.807) is 0 Å². The van der Waals surface area contributed by atoms with Crippen molar-refractivity contribution in [1.29, 1.82) is 0 Å². The molecule has 58 heavy (non-hydrogen) atoms. The van der Waals surface area contributed by atoms with Crippen molar-refractivity contribution in [3.05, 3.63) is 0 Å². The van der Waals surface area contributed by atoms with E-state index in [2.05, 4.69) is 25.8 Å². The molecule has 0 heterocycles. The number of carbonyl (C=O) groups is 2. The lowest BCUT2D eigenvalue weighted by molar-refractivity contribution is -0.149. The Labute approximate surface area is 368 Å². The summed E-state index contributed by atoms with van der Waals surface area (Å²) in [6, 6.07) is 0.612. The van der Waals surface area contributed by atoms with Gasteiger partial charge in [0.15, 0.2) is 0 Å². The summed E-state index contributed by atoms with van der Waals surface area (Å²) in [5.41, 5.74) is 0. The Morgan fingerprint density at radius 3 is 1.45 bits per heavy atom. The van der Waals surface area contributed by atoms with Crippen LogP contribution >= 0.6 is 23.5 Å². The molecule has 0 bridgehead atoms. The summed E-state index contributed by atoms with van der Waals surface area (Å²) in [7, 11) is 2.30. The fraction of sp³-hybridized carbons (Fsp3) is 0.960. The largest absolute Gasteiger partial charge is 0.461 e. The van der Waals surface area contributed by atoms with Crippen molar-refractivity contribution < 1.29 is 24.2 Å². The number of unbranched alkanes of at least 4 members (excludes halogenated alkanes) is 11. The molecule has 1 N–H and O–H groups in total. The summed E-state index contributed by atoms with van der Waals surface area (Å²) >= 11 is 4.01. The number of esters is 2. The molecule has 2 aliphatic carbocycles. The third-order valence-corrected chi connectivity index (χ3v) is 15.5. The van der Waals surface area contributed by atoms with E-state index in [1.807, 2.05) is 23.5 Å². The first-order chi connectivity index (χ1) is 28.4. The van der Waals surface area contributed by atoms with Gasteiger partial charge >= 0.3 is 11.9 Å². The Hall–Kier alpha value is -0.440. The molecule has 2 atom stereocenters. The Morgan fingerprint density at radius 2 is 1.02 bits per heavy atom. The number of carbonyl (C=O) groups excluding carboxylic acids is 2. The molecule has 2 rings (SSSR count). The molecular formula is C50H95NO5S2. The van der Waals surface area contributed by atoms with Gasteiger partial charge in [0.2, 0.25) is 0 Å². The summed E-state index contributed by atoms with van der Waals surface area (Å²) in [6.07, 6.45) is 40.6. The van der Waals surface area contributed by atoms with Crippen molar-refractivity contribution in [3.63, 3.8) is 0 Å². The molecule has 6 nitrogen and oxygen atoms in total. The van der Waals surface area contributed by atoms with Crippen LogP contribution in [0.5, 0.6) is 0 Å². The number of thioether (sulfide) groups is 2. The van der Waals surface area contributed by atoms with Crippen molar-refractivity contribution in [2.24, 2.45) is 11.8 Å². The van der Waals surface area contributed by atoms with Gasteiger partial charge in [0.05, 0.1) is 0 Å². The van der Waals surface area contributed by atoms with Crippen molar-refractivity contribution in [2.75, 3.05) is 43.2 Å². The molecular weight excluding hydrogens is 759 g/mol. The highest BCUT2D eigenvalue weighted by atomic mass is 32.2. The third kappa shape index (κ3) is 29.8. The van der Waals surface area contributed by atoms with Crippen LogP contribution in [-0.4, -0.2) is 83.4 Å². The normalized spacial score (nSPS) is 17.1. The lowest BCUT2D eigenvalue weighted by Gasteiger charge is -2.28. The van der Waals surface area contributed by atoms with Gasteiger partial charge in [-0.2, -0.15) is 23.5 Å². The molecule has 0 aliphatic heterocycles. The average Bonchev–Trinajstić information content (AvgIpc) is 3.24. The van der Waals surface area contributed by atoms with E-state index in [1.165, 1.54) is 154 Å². The molecule has 0 aromatic carbocycles.